The smallest absolute Gasteiger partial charge is 0.415 e. The highest BCUT2D eigenvalue weighted by molar-refractivity contribution is 6.30. The fourth-order valence-corrected chi connectivity index (χ4v) is 4.58. The van der Waals surface area contributed by atoms with Crippen LogP contribution >= 0.6 is 11.6 Å². The molecular weight excluding hydrogens is 452 g/mol. The largest absolute Gasteiger partial charge is 0.481 e. The number of fused-ring (bicyclic) bond motifs is 2. The number of nitrogens with zero attached hydrogens (tertiary/aromatic N) is 4. The van der Waals surface area contributed by atoms with Crippen molar-refractivity contribution in [1.29, 1.82) is 0 Å². The Morgan fingerprint density at radius 1 is 1.33 bits per heavy atom. The molecule has 174 valence electrons. The number of ether oxygens (including phenoxy) is 3. The summed E-state index contributed by atoms with van der Waals surface area (Å²) in [6.07, 6.45) is 3.14. The van der Waals surface area contributed by atoms with Gasteiger partial charge in [-0.2, -0.15) is 0 Å². The van der Waals surface area contributed by atoms with Crippen LogP contribution in [0.15, 0.2) is 12.3 Å². The third kappa shape index (κ3) is 4.51. The summed E-state index contributed by atoms with van der Waals surface area (Å²) in [7, 11) is 1.58. The first-order valence-corrected chi connectivity index (χ1v) is 11.1. The average molecular weight is 475 g/mol. The van der Waals surface area contributed by atoms with Crippen LogP contribution in [0, 0.1) is 5.92 Å². The zero-order valence-electron chi connectivity index (χ0n) is 18.0. The van der Waals surface area contributed by atoms with Crippen LogP contribution in [-0.4, -0.2) is 66.4 Å². The second-order valence-electron chi connectivity index (χ2n) is 8.20. The molecule has 1 aliphatic carbocycles. The Hall–Kier alpha value is -3.18. The fraction of sp³-hybridized carbons (Fsp3) is 0.476. The molecule has 12 heteroatoms. The molecule has 33 heavy (non-hydrogen) atoms. The van der Waals surface area contributed by atoms with Gasteiger partial charge in [0.2, 0.25) is 5.88 Å². The van der Waals surface area contributed by atoms with Crippen LogP contribution in [0.1, 0.15) is 17.5 Å². The van der Waals surface area contributed by atoms with Crippen LogP contribution in [0.5, 0.6) is 11.8 Å². The van der Waals surface area contributed by atoms with Crippen LogP contribution in [0.2, 0.25) is 5.15 Å². The van der Waals surface area contributed by atoms with Gasteiger partial charge < -0.3 is 24.8 Å². The van der Waals surface area contributed by atoms with Crippen molar-refractivity contribution in [3.8, 4) is 11.8 Å². The number of methoxy groups -OCH3 is 1. The molecule has 3 aliphatic rings. The van der Waals surface area contributed by atoms with Gasteiger partial charge in [-0.25, -0.2) is 19.7 Å². The van der Waals surface area contributed by atoms with E-state index in [-0.39, 0.29) is 30.3 Å². The number of carbonyl (C=O) groups is 2. The van der Waals surface area contributed by atoms with Gasteiger partial charge in [-0.05, 0) is 49.4 Å². The van der Waals surface area contributed by atoms with Crippen LogP contribution in [0.25, 0.3) is 0 Å². The number of halogens is 1. The van der Waals surface area contributed by atoms with Crippen molar-refractivity contribution in [3.63, 3.8) is 0 Å². The van der Waals surface area contributed by atoms with Crippen molar-refractivity contribution in [1.82, 2.24) is 20.3 Å². The molecule has 0 saturated carbocycles. The number of carbonyl (C=O) groups excluding carboxylic acids is 2. The van der Waals surface area contributed by atoms with Crippen LogP contribution < -0.4 is 25.0 Å². The first-order valence-electron chi connectivity index (χ1n) is 10.7. The molecule has 2 aromatic heterocycles. The Morgan fingerprint density at radius 2 is 2.21 bits per heavy atom. The molecule has 11 nitrogen and oxygen atoms in total. The van der Waals surface area contributed by atoms with E-state index in [1.54, 1.807) is 7.11 Å². The summed E-state index contributed by atoms with van der Waals surface area (Å²) in [5, 5.41) is 6.56. The number of amides is 2. The Morgan fingerprint density at radius 3 is 3.06 bits per heavy atom. The molecule has 0 radical (unpaired) electrons. The number of anilines is 2. The van der Waals surface area contributed by atoms with E-state index in [2.05, 4.69) is 25.6 Å². The maximum atomic E-state index is 12.3. The first kappa shape index (κ1) is 21.7. The van der Waals surface area contributed by atoms with E-state index < -0.39 is 6.09 Å². The number of rotatable bonds is 7. The van der Waals surface area contributed by atoms with Crippen LogP contribution in [-0.2, 0) is 22.4 Å². The maximum Gasteiger partial charge on any atom is 0.415 e. The zero-order chi connectivity index (χ0) is 22.9. The lowest BCUT2D eigenvalue weighted by Crippen LogP contribution is -2.30. The Kier molecular flexibility index (Phi) is 5.90. The quantitative estimate of drug-likeness (QED) is 0.454. The summed E-state index contributed by atoms with van der Waals surface area (Å²) < 4.78 is 15.9. The lowest BCUT2D eigenvalue weighted by Gasteiger charge is -2.18. The molecule has 1 saturated heterocycles. The van der Waals surface area contributed by atoms with E-state index in [1.165, 1.54) is 16.7 Å². The highest BCUT2D eigenvalue weighted by Gasteiger charge is 2.34. The standard InChI is InChI=1S/C21H23ClN6O5/c1-31-17-6-12-4-11(5-14(12)18(22)27-17)7-23-3-2-13-9-28(21(30)33-13)15-8-24-20-19(25-15)26-16(29)10-32-20/h6,8,11,13,23H,2-5,7,9-10H2,1H3,(H,25,26,29). The van der Waals surface area contributed by atoms with Crippen molar-refractivity contribution in [2.24, 2.45) is 5.92 Å². The highest BCUT2D eigenvalue weighted by Crippen LogP contribution is 2.33. The lowest BCUT2D eigenvalue weighted by atomic mass is 10.1. The fourth-order valence-electron chi connectivity index (χ4n) is 4.30. The monoisotopic (exact) mass is 474 g/mol. The predicted octanol–water partition coefficient (Wildman–Crippen LogP) is 1.58. The Balaban J connectivity index is 1.10. The topological polar surface area (TPSA) is 128 Å². The lowest BCUT2D eigenvalue weighted by molar-refractivity contribution is -0.118. The minimum Gasteiger partial charge on any atom is -0.481 e. The molecule has 2 amide bonds. The summed E-state index contributed by atoms with van der Waals surface area (Å²) in [6, 6.07) is 1.95. The zero-order valence-corrected chi connectivity index (χ0v) is 18.7. The number of hydrogen-bond acceptors (Lipinski definition) is 9. The van der Waals surface area contributed by atoms with Crippen LogP contribution in [0.3, 0.4) is 0 Å². The molecule has 4 heterocycles. The van der Waals surface area contributed by atoms with Crippen molar-refractivity contribution in [3.05, 3.63) is 28.5 Å². The minimum atomic E-state index is -0.486. The summed E-state index contributed by atoms with van der Waals surface area (Å²) in [6.45, 7) is 1.78. The number of pyridine rings is 1. The van der Waals surface area contributed by atoms with E-state index in [9.17, 15) is 9.59 Å². The van der Waals surface area contributed by atoms with Crippen LogP contribution in [0.4, 0.5) is 16.4 Å². The number of aromatic nitrogens is 3. The van der Waals surface area contributed by atoms with Gasteiger partial charge in [-0.15, -0.1) is 0 Å². The summed E-state index contributed by atoms with van der Waals surface area (Å²) >= 11 is 6.29. The second-order valence-corrected chi connectivity index (χ2v) is 8.55. The third-order valence-electron chi connectivity index (χ3n) is 5.90. The number of cyclic esters (lactones) is 1. The van der Waals surface area contributed by atoms with Gasteiger partial charge >= 0.3 is 6.09 Å². The van der Waals surface area contributed by atoms with E-state index in [0.717, 1.165) is 24.9 Å². The molecule has 2 atom stereocenters. The molecule has 1 fully saturated rings. The van der Waals surface area contributed by atoms with Gasteiger partial charge in [0.05, 0.1) is 19.9 Å². The Labute approximate surface area is 194 Å². The van der Waals surface area contributed by atoms with Crippen molar-refractivity contribution in [2.45, 2.75) is 25.4 Å². The average Bonchev–Trinajstić information content (AvgIpc) is 3.39. The normalized spacial score (nSPS) is 21.2. The third-order valence-corrected chi connectivity index (χ3v) is 6.22. The SMILES string of the molecule is COc1cc2c(c(Cl)n1)CC(CNCCC1CN(c3cnc4c(n3)NC(=O)CO4)C(=O)O1)C2. The van der Waals surface area contributed by atoms with Crippen molar-refractivity contribution < 1.29 is 23.8 Å². The molecule has 2 unspecified atom stereocenters. The van der Waals surface area contributed by atoms with Gasteiger partial charge in [0.1, 0.15) is 11.3 Å². The van der Waals surface area contributed by atoms with Crippen molar-refractivity contribution in [2.75, 3.05) is 43.6 Å². The highest BCUT2D eigenvalue weighted by atomic mass is 35.5. The summed E-state index contributed by atoms with van der Waals surface area (Å²) in [5.74, 6) is 1.40. The van der Waals surface area contributed by atoms with E-state index in [4.69, 9.17) is 25.8 Å². The predicted molar refractivity (Wildman–Crippen MR) is 118 cm³/mol. The molecule has 0 bridgehead atoms. The van der Waals surface area contributed by atoms with E-state index in [1.807, 2.05) is 6.07 Å². The summed E-state index contributed by atoms with van der Waals surface area (Å²) in [4.78, 5) is 37.9. The number of nitrogens with one attached hydrogen (secondary N) is 2. The molecule has 2 aliphatic heterocycles. The molecule has 0 spiro atoms. The minimum absolute atomic E-state index is 0.104. The number of hydrogen-bond donors (Lipinski definition) is 2. The van der Waals surface area contributed by atoms with Crippen molar-refractivity contribution >= 4 is 35.2 Å². The maximum absolute atomic E-state index is 12.3. The van der Waals surface area contributed by atoms with Gasteiger partial charge in [-0.1, -0.05) is 11.6 Å². The second kappa shape index (κ2) is 8.99. The summed E-state index contributed by atoms with van der Waals surface area (Å²) in [5.41, 5.74) is 2.28. The Bertz CT molecular complexity index is 1100. The van der Waals surface area contributed by atoms with Gasteiger partial charge in [0, 0.05) is 6.07 Å². The molecule has 2 N–H and O–H groups in total. The first-order chi connectivity index (χ1) is 16.0. The van der Waals surface area contributed by atoms with Gasteiger partial charge in [0.15, 0.2) is 18.2 Å². The van der Waals surface area contributed by atoms with E-state index in [0.29, 0.717) is 42.3 Å². The molecular formula is C21H23ClN6O5. The van der Waals surface area contributed by atoms with Gasteiger partial charge in [0.25, 0.3) is 11.8 Å². The molecule has 0 aromatic carbocycles. The van der Waals surface area contributed by atoms with E-state index >= 15 is 0 Å². The van der Waals surface area contributed by atoms with Gasteiger partial charge in [-0.3, -0.25) is 9.69 Å². The molecule has 2 aromatic rings. The molecule has 5 rings (SSSR count).